The highest BCUT2D eigenvalue weighted by Crippen LogP contribution is 2.29. The molecular formula is C11H8O4. The van der Waals surface area contributed by atoms with E-state index in [0.717, 1.165) is 0 Å². The van der Waals surface area contributed by atoms with Crippen LogP contribution >= 0.6 is 0 Å². The van der Waals surface area contributed by atoms with Gasteiger partial charge in [0.2, 0.25) is 0 Å². The smallest absolute Gasteiger partial charge is 0.335 e. The van der Waals surface area contributed by atoms with E-state index in [1.807, 2.05) is 0 Å². The van der Waals surface area contributed by atoms with Crippen LogP contribution in [0.25, 0.3) is 0 Å². The van der Waals surface area contributed by atoms with Gasteiger partial charge in [0.1, 0.15) is 11.5 Å². The topological polar surface area (TPSA) is 63.6 Å². The number of carboxylic acid groups (broad SMARTS) is 1. The van der Waals surface area contributed by atoms with Crippen LogP contribution in [0.1, 0.15) is 27.1 Å². The predicted molar refractivity (Wildman–Crippen MR) is 52.1 cm³/mol. The zero-order valence-electron chi connectivity index (χ0n) is 7.82. The highest BCUT2D eigenvalue weighted by atomic mass is 16.5. The van der Waals surface area contributed by atoms with E-state index >= 15 is 0 Å². The summed E-state index contributed by atoms with van der Waals surface area (Å²) in [5, 5.41) is 8.75. The summed E-state index contributed by atoms with van der Waals surface area (Å²) in [5.74, 6) is -0.462. The van der Waals surface area contributed by atoms with Crippen molar-refractivity contribution < 1.29 is 19.4 Å². The van der Waals surface area contributed by atoms with Gasteiger partial charge in [-0.3, -0.25) is 4.79 Å². The summed E-state index contributed by atoms with van der Waals surface area (Å²) in [7, 11) is 0. The number of allylic oxidation sites excluding steroid dienone is 1. The van der Waals surface area contributed by atoms with Crippen molar-refractivity contribution >= 4 is 11.8 Å². The molecule has 0 bridgehead atoms. The summed E-state index contributed by atoms with van der Waals surface area (Å²) in [6.07, 6.45) is 0.107. The molecular weight excluding hydrogens is 196 g/mol. The Morgan fingerprint density at radius 1 is 1.47 bits per heavy atom. The van der Waals surface area contributed by atoms with E-state index in [4.69, 9.17) is 9.84 Å². The number of fused-ring (bicyclic) bond motifs is 1. The molecule has 1 aromatic carbocycles. The van der Waals surface area contributed by atoms with E-state index < -0.39 is 5.97 Å². The quantitative estimate of drug-likeness (QED) is 0.758. The van der Waals surface area contributed by atoms with Crippen molar-refractivity contribution in [1.29, 1.82) is 0 Å². The standard InChI is InChI=1S/C11H8O4/c1-6-4-9(12)8-5-7(11(13)14)2-3-10(8)15-6/h2-3,5H,1,4H2,(H,13,14). The lowest BCUT2D eigenvalue weighted by atomic mass is 10.0. The van der Waals surface area contributed by atoms with Crippen molar-refractivity contribution in [3.05, 3.63) is 41.7 Å². The van der Waals surface area contributed by atoms with Crippen LogP contribution in [0, 0.1) is 0 Å². The van der Waals surface area contributed by atoms with Crippen LogP contribution < -0.4 is 4.74 Å². The molecule has 4 heteroatoms. The Balaban J connectivity index is 2.52. The summed E-state index contributed by atoms with van der Waals surface area (Å²) >= 11 is 0. The van der Waals surface area contributed by atoms with Gasteiger partial charge in [0, 0.05) is 0 Å². The fourth-order valence-electron chi connectivity index (χ4n) is 1.44. The molecule has 1 aliphatic rings. The van der Waals surface area contributed by atoms with Crippen LogP contribution in [0.15, 0.2) is 30.5 Å². The molecule has 15 heavy (non-hydrogen) atoms. The molecule has 0 fully saturated rings. The number of ether oxygens (including phenoxy) is 1. The van der Waals surface area contributed by atoms with E-state index in [1.165, 1.54) is 18.2 Å². The number of rotatable bonds is 1. The second kappa shape index (κ2) is 3.24. The van der Waals surface area contributed by atoms with Crippen molar-refractivity contribution in [2.45, 2.75) is 6.42 Å². The van der Waals surface area contributed by atoms with Gasteiger partial charge in [0.15, 0.2) is 5.78 Å². The number of hydrogen-bond acceptors (Lipinski definition) is 3. The second-order valence-electron chi connectivity index (χ2n) is 3.26. The first-order chi connectivity index (χ1) is 7.08. The number of aromatic carboxylic acids is 1. The second-order valence-corrected chi connectivity index (χ2v) is 3.26. The lowest BCUT2D eigenvalue weighted by Gasteiger charge is -2.17. The molecule has 0 aromatic heterocycles. The zero-order chi connectivity index (χ0) is 11.0. The van der Waals surface area contributed by atoms with E-state index in [2.05, 4.69) is 6.58 Å². The van der Waals surface area contributed by atoms with Crippen LogP contribution in [-0.4, -0.2) is 16.9 Å². The Morgan fingerprint density at radius 2 is 2.20 bits per heavy atom. The third kappa shape index (κ3) is 1.61. The Bertz CT molecular complexity index is 473. The molecule has 0 saturated heterocycles. The van der Waals surface area contributed by atoms with Gasteiger partial charge in [-0.15, -0.1) is 0 Å². The number of Topliss-reactive ketones (excluding diaryl/α,β-unsaturated/α-hetero) is 1. The third-order valence-corrected chi connectivity index (χ3v) is 2.14. The van der Waals surface area contributed by atoms with E-state index in [9.17, 15) is 9.59 Å². The minimum absolute atomic E-state index is 0.0817. The predicted octanol–water partition coefficient (Wildman–Crippen LogP) is 1.86. The lowest BCUT2D eigenvalue weighted by Crippen LogP contribution is -2.14. The Hall–Kier alpha value is -2.10. The van der Waals surface area contributed by atoms with Crippen LogP contribution in [-0.2, 0) is 0 Å². The average Bonchev–Trinajstić information content (AvgIpc) is 2.16. The van der Waals surface area contributed by atoms with Gasteiger partial charge in [-0.25, -0.2) is 4.79 Å². The Labute approximate surface area is 85.8 Å². The summed E-state index contributed by atoms with van der Waals surface area (Å²) in [6.45, 7) is 3.56. The normalized spacial score (nSPS) is 14.4. The number of carboxylic acids is 1. The number of carbonyl (C=O) groups is 2. The Morgan fingerprint density at radius 3 is 2.87 bits per heavy atom. The number of benzene rings is 1. The molecule has 1 aromatic rings. The minimum Gasteiger partial charge on any atom is -0.478 e. The van der Waals surface area contributed by atoms with Gasteiger partial charge in [0.05, 0.1) is 17.5 Å². The van der Waals surface area contributed by atoms with Gasteiger partial charge < -0.3 is 9.84 Å². The molecule has 0 amide bonds. The van der Waals surface area contributed by atoms with Crippen LogP contribution in [0.5, 0.6) is 5.75 Å². The molecule has 1 heterocycles. The molecule has 0 atom stereocenters. The largest absolute Gasteiger partial charge is 0.478 e. The van der Waals surface area contributed by atoms with Gasteiger partial charge in [-0.2, -0.15) is 0 Å². The molecule has 0 unspecified atom stereocenters. The molecule has 0 radical (unpaired) electrons. The maximum Gasteiger partial charge on any atom is 0.335 e. The fourth-order valence-corrected chi connectivity index (χ4v) is 1.44. The summed E-state index contributed by atoms with van der Waals surface area (Å²) in [6, 6.07) is 4.19. The monoisotopic (exact) mass is 204 g/mol. The first-order valence-electron chi connectivity index (χ1n) is 4.34. The highest BCUT2D eigenvalue weighted by Gasteiger charge is 2.22. The maximum atomic E-state index is 11.5. The maximum absolute atomic E-state index is 11.5. The van der Waals surface area contributed by atoms with E-state index in [1.54, 1.807) is 0 Å². The van der Waals surface area contributed by atoms with Gasteiger partial charge in [0.25, 0.3) is 0 Å². The van der Waals surface area contributed by atoms with Crippen LogP contribution in [0.2, 0.25) is 0 Å². The molecule has 2 rings (SSSR count). The summed E-state index contributed by atoms with van der Waals surface area (Å²) in [5.41, 5.74) is 0.389. The Kier molecular flexibility index (Phi) is 2.04. The van der Waals surface area contributed by atoms with Crippen molar-refractivity contribution in [3.63, 3.8) is 0 Å². The average molecular weight is 204 g/mol. The van der Waals surface area contributed by atoms with Crippen molar-refractivity contribution in [2.24, 2.45) is 0 Å². The minimum atomic E-state index is -1.06. The summed E-state index contributed by atoms with van der Waals surface area (Å²) < 4.78 is 5.23. The number of hydrogen-bond donors (Lipinski definition) is 1. The van der Waals surface area contributed by atoms with Gasteiger partial charge in [-0.1, -0.05) is 6.58 Å². The van der Waals surface area contributed by atoms with E-state index in [0.29, 0.717) is 17.1 Å². The van der Waals surface area contributed by atoms with E-state index in [-0.39, 0.29) is 17.8 Å². The first-order valence-corrected chi connectivity index (χ1v) is 4.34. The summed E-state index contributed by atoms with van der Waals surface area (Å²) in [4.78, 5) is 22.2. The first kappa shape index (κ1) is 9.45. The van der Waals surface area contributed by atoms with Crippen LogP contribution in [0.3, 0.4) is 0 Å². The third-order valence-electron chi connectivity index (χ3n) is 2.14. The molecule has 4 nitrogen and oxygen atoms in total. The number of ketones is 1. The fraction of sp³-hybridized carbons (Fsp3) is 0.0909. The van der Waals surface area contributed by atoms with Gasteiger partial charge in [-0.05, 0) is 18.2 Å². The highest BCUT2D eigenvalue weighted by molar-refractivity contribution is 6.03. The van der Waals surface area contributed by atoms with Crippen molar-refractivity contribution in [2.75, 3.05) is 0 Å². The molecule has 1 aliphatic heterocycles. The molecule has 0 spiro atoms. The SMILES string of the molecule is C=C1CC(=O)c2cc(C(=O)O)ccc2O1. The molecule has 76 valence electrons. The van der Waals surface area contributed by atoms with Crippen molar-refractivity contribution in [3.8, 4) is 5.75 Å². The number of carbonyl (C=O) groups excluding carboxylic acids is 1. The zero-order valence-corrected chi connectivity index (χ0v) is 7.82. The molecule has 1 N–H and O–H groups in total. The lowest BCUT2D eigenvalue weighted by molar-refractivity contribution is 0.0697. The van der Waals surface area contributed by atoms with Crippen molar-refractivity contribution in [1.82, 2.24) is 0 Å². The van der Waals surface area contributed by atoms with Crippen LogP contribution in [0.4, 0.5) is 0 Å². The molecule has 0 saturated carbocycles. The molecule has 0 aliphatic carbocycles. The van der Waals surface area contributed by atoms with Gasteiger partial charge >= 0.3 is 5.97 Å².